The van der Waals surface area contributed by atoms with Crippen molar-refractivity contribution in [2.75, 3.05) is 7.11 Å². The molecule has 110 valence electrons. The van der Waals surface area contributed by atoms with Gasteiger partial charge in [0.25, 0.3) is 0 Å². The van der Waals surface area contributed by atoms with Gasteiger partial charge in [0.1, 0.15) is 29.4 Å². The summed E-state index contributed by atoms with van der Waals surface area (Å²) in [6.07, 6.45) is 0. The van der Waals surface area contributed by atoms with Gasteiger partial charge in [-0.2, -0.15) is 0 Å². The number of ether oxygens (including phenoxy) is 2. The van der Waals surface area contributed by atoms with E-state index in [-0.39, 0.29) is 23.7 Å². The van der Waals surface area contributed by atoms with E-state index in [2.05, 4.69) is 15.9 Å². The third-order valence-corrected chi connectivity index (χ3v) is 3.41. The van der Waals surface area contributed by atoms with Crippen LogP contribution < -0.4 is 4.74 Å². The molecule has 0 radical (unpaired) electrons. The van der Waals surface area contributed by atoms with Gasteiger partial charge in [0.2, 0.25) is 0 Å². The normalized spacial score (nSPS) is 10.2. The number of halogens is 1. The highest BCUT2D eigenvalue weighted by Gasteiger charge is 2.13. The molecule has 0 saturated carbocycles. The van der Waals surface area contributed by atoms with Crippen molar-refractivity contribution in [2.45, 2.75) is 6.61 Å². The largest absolute Gasteiger partial charge is 0.508 e. The van der Waals surface area contributed by atoms with Crippen LogP contribution in [0.5, 0.6) is 17.2 Å². The summed E-state index contributed by atoms with van der Waals surface area (Å²) in [6, 6.07) is 9.00. The van der Waals surface area contributed by atoms with Crippen LogP contribution in [0.15, 0.2) is 40.9 Å². The van der Waals surface area contributed by atoms with Crippen LogP contribution in [0, 0.1) is 0 Å². The predicted molar refractivity (Wildman–Crippen MR) is 79.6 cm³/mol. The molecule has 0 aromatic heterocycles. The van der Waals surface area contributed by atoms with Gasteiger partial charge in [-0.15, -0.1) is 0 Å². The van der Waals surface area contributed by atoms with Crippen molar-refractivity contribution in [3.05, 3.63) is 52.0 Å². The number of carbonyl (C=O) groups excluding carboxylic acids is 1. The average molecular weight is 353 g/mol. The molecule has 2 rings (SSSR count). The maximum absolute atomic E-state index is 11.9. The molecule has 0 bridgehead atoms. The van der Waals surface area contributed by atoms with Crippen LogP contribution in [0.4, 0.5) is 0 Å². The van der Waals surface area contributed by atoms with Crippen LogP contribution in [-0.4, -0.2) is 23.3 Å². The second-order valence-electron chi connectivity index (χ2n) is 4.25. The van der Waals surface area contributed by atoms with Crippen LogP contribution in [0.3, 0.4) is 0 Å². The highest BCUT2D eigenvalue weighted by molar-refractivity contribution is 9.10. The van der Waals surface area contributed by atoms with Gasteiger partial charge >= 0.3 is 5.97 Å². The SMILES string of the molecule is COc1ccc(COC(=O)c2ccc(O)cc2O)cc1Br. The summed E-state index contributed by atoms with van der Waals surface area (Å²) in [4.78, 5) is 11.9. The first-order valence-corrected chi connectivity index (χ1v) is 6.82. The number of rotatable bonds is 4. The Morgan fingerprint density at radius 1 is 1.19 bits per heavy atom. The fraction of sp³-hybridized carbons (Fsp3) is 0.133. The molecule has 21 heavy (non-hydrogen) atoms. The highest BCUT2D eigenvalue weighted by Crippen LogP contribution is 2.27. The van der Waals surface area contributed by atoms with Gasteiger partial charge in [0.15, 0.2) is 0 Å². The molecule has 0 unspecified atom stereocenters. The molecule has 2 N–H and O–H groups in total. The van der Waals surface area contributed by atoms with Crippen LogP contribution in [-0.2, 0) is 11.3 Å². The molecular weight excluding hydrogens is 340 g/mol. The number of benzene rings is 2. The minimum absolute atomic E-state index is 0.000349. The zero-order valence-electron chi connectivity index (χ0n) is 11.2. The standard InChI is InChI=1S/C15H13BrO5/c1-20-14-5-2-9(6-12(14)16)8-21-15(19)11-4-3-10(17)7-13(11)18/h2-7,17-18H,8H2,1H3. The highest BCUT2D eigenvalue weighted by atomic mass is 79.9. The third-order valence-electron chi connectivity index (χ3n) is 2.79. The summed E-state index contributed by atoms with van der Waals surface area (Å²) in [5.74, 6) is -0.431. The monoisotopic (exact) mass is 352 g/mol. The number of esters is 1. The van der Waals surface area contributed by atoms with Crippen LogP contribution >= 0.6 is 15.9 Å². The fourth-order valence-corrected chi connectivity index (χ4v) is 2.31. The van der Waals surface area contributed by atoms with Gasteiger partial charge in [-0.25, -0.2) is 4.79 Å². The summed E-state index contributed by atoms with van der Waals surface area (Å²) < 4.78 is 11.0. The lowest BCUT2D eigenvalue weighted by Crippen LogP contribution is -2.05. The average Bonchev–Trinajstić information content (AvgIpc) is 2.45. The van der Waals surface area contributed by atoms with E-state index in [0.717, 1.165) is 16.1 Å². The van der Waals surface area contributed by atoms with Crippen molar-refractivity contribution in [3.8, 4) is 17.2 Å². The van der Waals surface area contributed by atoms with Gasteiger partial charge in [-0.05, 0) is 45.8 Å². The molecule has 0 aliphatic heterocycles. The molecule has 0 heterocycles. The lowest BCUT2D eigenvalue weighted by Gasteiger charge is -2.08. The van der Waals surface area contributed by atoms with Crippen LogP contribution in [0.1, 0.15) is 15.9 Å². The van der Waals surface area contributed by atoms with Crippen molar-refractivity contribution in [1.29, 1.82) is 0 Å². The topological polar surface area (TPSA) is 76.0 Å². The fourth-order valence-electron chi connectivity index (χ4n) is 1.72. The lowest BCUT2D eigenvalue weighted by atomic mass is 10.2. The molecule has 0 amide bonds. The smallest absolute Gasteiger partial charge is 0.342 e. The third kappa shape index (κ3) is 3.66. The Bertz CT molecular complexity index is 669. The van der Waals surface area contributed by atoms with Crippen molar-refractivity contribution < 1.29 is 24.5 Å². The van der Waals surface area contributed by atoms with E-state index >= 15 is 0 Å². The number of hydrogen-bond acceptors (Lipinski definition) is 5. The molecule has 0 aliphatic carbocycles. The summed E-state index contributed by atoms with van der Waals surface area (Å²) >= 11 is 3.35. The lowest BCUT2D eigenvalue weighted by molar-refractivity contribution is 0.0469. The van der Waals surface area contributed by atoms with E-state index < -0.39 is 5.97 Å². The Hall–Kier alpha value is -2.21. The number of methoxy groups -OCH3 is 1. The molecule has 0 fully saturated rings. The van der Waals surface area contributed by atoms with Crippen molar-refractivity contribution in [1.82, 2.24) is 0 Å². The minimum Gasteiger partial charge on any atom is -0.508 e. The molecule has 6 heteroatoms. The van der Waals surface area contributed by atoms with Gasteiger partial charge in [0.05, 0.1) is 11.6 Å². The zero-order valence-corrected chi connectivity index (χ0v) is 12.8. The Morgan fingerprint density at radius 3 is 2.57 bits per heavy atom. The summed E-state index contributed by atoms with van der Waals surface area (Å²) in [6.45, 7) is 0.0573. The maximum Gasteiger partial charge on any atom is 0.342 e. The molecule has 0 saturated heterocycles. The van der Waals surface area contributed by atoms with Crippen molar-refractivity contribution in [3.63, 3.8) is 0 Å². The van der Waals surface area contributed by atoms with E-state index in [4.69, 9.17) is 9.47 Å². The number of phenolic OH excluding ortho intramolecular Hbond substituents is 2. The summed E-state index contributed by atoms with van der Waals surface area (Å²) in [5.41, 5.74) is 0.773. The Balaban J connectivity index is 2.05. The second-order valence-corrected chi connectivity index (χ2v) is 5.10. The van der Waals surface area contributed by atoms with E-state index in [9.17, 15) is 15.0 Å². The van der Waals surface area contributed by atoms with E-state index in [1.54, 1.807) is 25.3 Å². The number of phenols is 2. The predicted octanol–water partition coefficient (Wildman–Crippen LogP) is 3.23. The van der Waals surface area contributed by atoms with Gasteiger partial charge in [0, 0.05) is 6.07 Å². The first-order valence-electron chi connectivity index (χ1n) is 6.03. The van der Waals surface area contributed by atoms with Gasteiger partial charge in [-0.3, -0.25) is 0 Å². The van der Waals surface area contributed by atoms with E-state index in [1.165, 1.54) is 12.1 Å². The van der Waals surface area contributed by atoms with Crippen LogP contribution in [0.25, 0.3) is 0 Å². The molecule has 2 aromatic rings. The van der Waals surface area contributed by atoms with E-state index in [0.29, 0.717) is 5.75 Å². The Morgan fingerprint density at radius 2 is 1.95 bits per heavy atom. The van der Waals surface area contributed by atoms with E-state index in [1.807, 2.05) is 0 Å². The molecule has 5 nitrogen and oxygen atoms in total. The second kappa shape index (κ2) is 6.49. The molecule has 2 aromatic carbocycles. The summed E-state index contributed by atoms with van der Waals surface area (Å²) in [5, 5.41) is 18.8. The first kappa shape index (κ1) is 15.2. The Kier molecular flexibility index (Phi) is 4.70. The number of hydrogen-bond donors (Lipinski definition) is 2. The van der Waals surface area contributed by atoms with Crippen LogP contribution in [0.2, 0.25) is 0 Å². The molecule has 0 aliphatic rings. The number of carbonyl (C=O) groups is 1. The number of aromatic hydroxyl groups is 2. The quantitative estimate of drug-likeness (QED) is 0.826. The zero-order chi connectivity index (χ0) is 15.4. The minimum atomic E-state index is -0.667. The Labute approximate surface area is 129 Å². The molecule has 0 spiro atoms. The van der Waals surface area contributed by atoms with Gasteiger partial charge < -0.3 is 19.7 Å². The van der Waals surface area contributed by atoms with Crippen molar-refractivity contribution in [2.24, 2.45) is 0 Å². The first-order chi connectivity index (χ1) is 10.0. The maximum atomic E-state index is 11.9. The van der Waals surface area contributed by atoms with Crippen molar-refractivity contribution >= 4 is 21.9 Å². The van der Waals surface area contributed by atoms with Gasteiger partial charge in [-0.1, -0.05) is 6.07 Å². The molecule has 0 atom stereocenters. The molecular formula is C15H13BrO5. The summed E-state index contributed by atoms with van der Waals surface area (Å²) in [7, 11) is 1.56.